The number of nitrogens with zero attached hydrogens (tertiary/aromatic N) is 3. The van der Waals surface area contributed by atoms with Crippen molar-refractivity contribution in [2.24, 2.45) is 0 Å². The number of rotatable bonds is 4. The normalized spacial score (nSPS) is 16.9. The molecule has 0 bridgehead atoms. The summed E-state index contributed by atoms with van der Waals surface area (Å²) in [5.74, 6) is 0.235. The van der Waals surface area contributed by atoms with Crippen LogP contribution >= 0.6 is 11.3 Å². The van der Waals surface area contributed by atoms with Gasteiger partial charge in [-0.1, -0.05) is 30.3 Å². The number of aromatic nitrogens is 1. The smallest absolute Gasteiger partial charge is 0.310 e. The van der Waals surface area contributed by atoms with E-state index in [1.807, 2.05) is 38.4 Å². The number of carbonyl (C=O) groups is 1. The second kappa shape index (κ2) is 7.86. The fraction of sp³-hybridized carbons (Fsp3) is 0.391. The van der Waals surface area contributed by atoms with Crippen LogP contribution in [0.2, 0.25) is 0 Å². The Morgan fingerprint density at radius 1 is 1.17 bits per heavy atom. The molecule has 3 heterocycles. The number of pyridine rings is 1. The lowest BCUT2D eigenvalue weighted by Gasteiger charge is -2.39. The number of piperazine rings is 1. The summed E-state index contributed by atoms with van der Waals surface area (Å²) >= 11 is 1.72. The Balaban J connectivity index is 1.67. The molecule has 1 amide bonds. The van der Waals surface area contributed by atoms with Crippen LogP contribution in [0.1, 0.15) is 18.7 Å². The van der Waals surface area contributed by atoms with Gasteiger partial charge >= 0.3 is 5.91 Å². The van der Waals surface area contributed by atoms with Crippen molar-refractivity contribution in [2.75, 3.05) is 33.2 Å². The van der Waals surface area contributed by atoms with Gasteiger partial charge in [-0.15, -0.1) is 11.3 Å². The van der Waals surface area contributed by atoms with Gasteiger partial charge in [0, 0.05) is 47.5 Å². The number of amides is 1. The van der Waals surface area contributed by atoms with E-state index in [4.69, 9.17) is 0 Å². The summed E-state index contributed by atoms with van der Waals surface area (Å²) < 4.78 is 3.39. The van der Waals surface area contributed by atoms with E-state index in [1.165, 1.54) is 4.88 Å². The molecule has 1 aliphatic heterocycles. The molecule has 0 radical (unpaired) electrons. The summed E-state index contributed by atoms with van der Waals surface area (Å²) in [6.07, 6.45) is 2.00. The van der Waals surface area contributed by atoms with Crippen molar-refractivity contribution in [1.82, 2.24) is 9.47 Å². The Morgan fingerprint density at radius 3 is 2.48 bits per heavy atom. The van der Waals surface area contributed by atoms with Gasteiger partial charge in [-0.25, -0.2) is 4.79 Å². The molecule has 1 saturated heterocycles. The van der Waals surface area contributed by atoms with Crippen LogP contribution in [-0.4, -0.2) is 53.1 Å². The van der Waals surface area contributed by atoms with E-state index in [1.54, 1.807) is 22.8 Å². The molecule has 1 aromatic carbocycles. The molecule has 1 aliphatic rings. The van der Waals surface area contributed by atoms with Crippen LogP contribution in [-0.2, 0) is 17.9 Å². The molecule has 0 unspecified atom stereocenters. The molecule has 0 spiro atoms. The minimum Gasteiger partial charge on any atom is -0.315 e. The summed E-state index contributed by atoms with van der Waals surface area (Å²) in [4.78, 5) is 28.4. The molecule has 0 saturated carbocycles. The predicted octanol–water partition coefficient (Wildman–Crippen LogP) is 3.56. The first-order valence-corrected chi connectivity index (χ1v) is 11.0. The Labute approximate surface area is 175 Å². The molecule has 152 valence electrons. The monoisotopic (exact) mass is 410 g/mol. The SMILES string of the molecule is CCn1cc(-c2ccccc2)c2sc(CN3CC[N+](C)(C(C)=O)CC3)cc2c1=O. The van der Waals surface area contributed by atoms with Gasteiger partial charge in [0.05, 0.1) is 32.4 Å². The molecule has 3 aromatic rings. The molecule has 0 N–H and O–H groups in total. The maximum absolute atomic E-state index is 12.9. The van der Waals surface area contributed by atoms with E-state index < -0.39 is 0 Å². The van der Waals surface area contributed by atoms with Crippen LogP contribution in [0.5, 0.6) is 0 Å². The molecule has 1 fully saturated rings. The summed E-state index contributed by atoms with van der Waals surface area (Å²) in [5.41, 5.74) is 2.35. The molecular formula is C23H28N3O2S+. The van der Waals surface area contributed by atoms with Gasteiger partial charge in [-0.3, -0.25) is 14.2 Å². The van der Waals surface area contributed by atoms with Crippen LogP contribution in [0.15, 0.2) is 47.4 Å². The van der Waals surface area contributed by atoms with E-state index in [0.717, 1.165) is 53.9 Å². The average molecular weight is 411 g/mol. The molecule has 0 atom stereocenters. The minimum atomic E-state index is 0.0872. The van der Waals surface area contributed by atoms with Crippen molar-refractivity contribution in [3.8, 4) is 11.1 Å². The lowest BCUT2D eigenvalue weighted by atomic mass is 10.1. The maximum Gasteiger partial charge on any atom is 0.310 e. The Kier molecular flexibility index (Phi) is 5.42. The van der Waals surface area contributed by atoms with E-state index in [9.17, 15) is 9.59 Å². The van der Waals surface area contributed by atoms with Crippen LogP contribution in [0.4, 0.5) is 0 Å². The quantitative estimate of drug-likeness (QED) is 0.618. The zero-order valence-corrected chi connectivity index (χ0v) is 18.2. The maximum atomic E-state index is 12.9. The van der Waals surface area contributed by atoms with E-state index in [0.29, 0.717) is 11.0 Å². The summed E-state index contributed by atoms with van der Waals surface area (Å²) in [6, 6.07) is 12.4. The molecular weight excluding hydrogens is 382 g/mol. The van der Waals surface area contributed by atoms with E-state index >= 15 is 0 Å². The third-order valence-electron chi connectivity index (χ3n) is 6.19. The standard InChI is InChI=1S/C23H28N3O2S/c1-4-25-16-21(18-8-6-5-7-9-18)22-20(23(25)28)14-19(29-22)15-24-10-12-26(3,13-11-24)17(2)27/h5-9,14,16H,4,10-13,15H2,1-3H3/q+1. The summed E-state index contributed by atoms with van der Waals surface area (Å²) in [6.45, 7) is 8.67. The van der Waals surface area contributed by atoms with Crippen molar-refractivity contribution in [3.05, 3.63) is 57.8 Å². The number of carbonyl (C=O) groups excluding carboxylic acids is 1. The number of benzene rings is 1. The molecule has 0 aliphatic carbocycles. The number of fused-ring (bicyclic) bond motifs is 1. The van der Waals surface area contributed by atoms with E-state index in [2.05, 4.69) is 23.1 Å². The Morgan fingerprint density at radius 2 is 1.86 bits per heavy atom. The van der Waals surface area contributed by atoms with Crippen molar-refractivity contribution in [3.63, 3.8) is 0 Å². The number of quaternary nitrogens is 1. The van der Waals surface area contributed by atoms with Gasteiger partial charge in [0.2, 0.25) is 0 Å². The van der Waals surface area contributed by atoms with Gasteiger partial charge in [0.1, 0.15) is 0 Å². The molecule has 2 aromatic heterocycles. The van der Waals surface area contributed by atoms with Crippen LogP contribution < -0.4 is 5.56 Å². The first-order chi connectivity index (χ1) is 13.9. The lowest BCUT2D eigenvalue weighted by Crippen LogP contribution is -2.59. The highest BCUT2D eigenvalue weighted by Gasteiger charge is 2.33. The van der Waals surface area contributed by atoms with Gasteiger partial charge in [-0.2, -0.15) is 0 Å². The number of hydrogen-bond donors (Lipinski definition) is 0. The number of hydrogen-bond acceptors (Lipinski definition) is 4. The molecule has 4 rings (SSSR count). The first-order valence-electron chi connectivity index (χ1n) is 10.2. The largest absolute Gasteiger partial charge is 0.315 e. The van der Waals surface area contributed by atoms with Crippen molar-refractivity contribution in [1.29, 1.82) is 0 Å². The lowest BCUT2D eigenvalue weighted by molar-refractivity contribution is -0.839. The van der Waals surface area contributed by atoms with Gasteiger partial charge in [0.25, 0.3) is 5.56 Å². The average Bonchev–Trinajstić information content (AvgIpc) is 3.15. The highest BCUT2D eigenvalue weighted by Crippen LogP contribution is 2.34. The third kappa shape index (κ3) is 3.80. The van der Waals surface area contributed by atoms with Crippen LogP contribution in [0.3, 0.4) is 0 Å². The van der Waals surface area contributed by atoms with Gasteiger partial charge in [-0.05, 0) is 18.6 Å². The van der Waals surface area contributed by atoms with Gasteiger partial charge in [0.15, 0.2) is 0 Å². The second-order valence-electron chi connectivity index (χ2n) is 8.09. The summed E-state index contributed by atoms with van der Waals surface area (Å²) in [7, 11) is 2.03. The zero-order chi connectivity index (χ0) is 20.6. The number of thiophene rings is 1. The topological polar surface area (TPSA) is 42.3 Å². The fourth-order valence-corrected chi connectivity index (χ4v) is 5.23. The molecule has 29 heavy (non-hydrogen) atoms. The van der Waals surface area contributed by atoms with Crippen molar-refractivity contribution in [2.45, 2.75) is 26.9 Å². The van der Waals surface area contributed by atoms with Crippen LogP contribution in [0.25, 0.3) is 21.2 Å². The van der Waals surface area contributed by atoms with Crippen molar-refractivity contribution >= 4 is 27.3 Å². The van der Waals surface area contributed by atoms with E-state index in [-0.39, 0.29) is 11.5 Å². The highest BCUT2D eigenvalue weighted by molar-refractivity contribution is 7.19. The van der Waals surface area contributed by atoms with Gasteiger partial charge < -0.3 is 4.57 Å². The fourth-order valence-electron chi connectivity index (χ4n) is 4.01. The minimum absolute atomic E-state index is 0.0872. The zero-order valence-electron chi connectivity index (χ0n) is 17.4. The third-order valence-corrected chi connectivity index (χ3v) is 7.34. The second-order valence-corrected chi connectivity index (χ2v) is 9.23. The molecule has 5 nitrogen and oxygen atoms in total. The Bertz CT molecular complexity index is 1090. The van der Waals surface area contributed by atoms with Crippen molar-refractivity contribution < 1.29 is 9.28 Å². The highest BCUT2D eigenvalue weighted by atomic mass is 32.1. The number of likely N-dealkylation sites (N-methyl/N-ethyl adjacent to an activating group) is 1. The van der Waals surface area contributed by atoms with Crippen LogP contribution in [0, 0.1) is 0 Å². The first kappa shape index (κ1) is 20.0. The molecule has 6 heteroatoms. The summed E-state index contributed by atoms with van der Waals surface area (Å²) in [5, 5.41) is 0.814. The predicted molar refractivity (Wildman–Crippen MR) is 119 cm³/mol. The number of aryl methyl sites for hydroxylation is 1. The Hall–Kier alpha value is -2.28.